The summed E-state index contributed by atoms with van der Waals surface area (Å²) >= 11 is 0. The van der Waals surface area contributed by atoms with Gasteiger partial charge < -0.3 is 10.2 Å². The number of benzene rings is 1. The lowest BCUT2D eigenvalue weighted by molar-refractivity contribution is 0.449. The Kier molecular flexibility index (Phi) is 11.8. The van der Waals surface area contributed by atoms with Crippen LogP contribution in [0.5, 0.6) is 11.5 Å². The maximum absolute atomic E-state index is 9.43. The zero-order valence-corrected chi connectivity index (χ0v) is 15.4. The highest BCUT2D eigenvalue weighted by atomic mass is 16.3. The Labute approximate surface area is 152 Å². The van der Waals surface area contributed by atoms with Crippen molar-refractivity contribution in [3.63, 3.8) is 0 Å². The average Bonchev–Trinajstić information content (AvgIpc) is 2.57. The standard InChI is InChI=1S/C23H32O2/c1-2-3-4-5-6-7-8-9-10-11-12-13-14-15-16-17-21-18-22(24)20-23(25)19-21/h3-4,6-7,9-10,12-13,18-20,24-25H,2,5,8,11,14-17H2,1H3/b4-3-,7-6-,10-9-,13-12-. The molecular formula is C23H32O2. The van der Waals surface area contributed by atoms with Gasteiger partial charge in [-0.3, -0.25) is 0 Å². The van der Waals surface area contributed by atoms with Gasteiger partial charge in [0.15, 0.2) is 0 Å². The Balaban J connectivity index is 2.03. The molecule has 0 aliphatic heterocycles. The van der Waals surface area contributed by atoms with Crippen molar-refractivity contribution in [2.75, 3.05) is 0 Å². The van der Waals surface area contributed by atoms with Crippen molar-refractivity contribution in [3.05, 3.63) is 72.4 Å². The molecule has 1 rings (SSSR count). The number of hydrogen-bond donors (Lipinski definition) is 2. The normalized spacial score (nSPS) is 12.4. The molecule has 0 heterocycles. The topological polar surface area (TPSA) is 40.5 Å². The van der Waals surface area contributed by atoms with E-state index in [9.17, 15) is 10.2 Å². The molecule has 2 nitrogen and oxygen atoms in total. The number of unbranched alkanes of at least 4 members (excludes halogenated alkanes) is 2. The van der Waals surface area contributed by atoms with Gasteiger partial charge in [-0.25, -0.2) is 0 Å². The molecule has 0 aromatic heterocycles. The van der Waals surface area contributed by atoms with E-state index in [1.54, 1.807) is 12.1 Å². The van der Waals surface area contributed by atoms with Crippen LogP contribution in [0.15, 0.2) is 66.8 Å². The smallest absolute Gasteiger partial charge is 0.119 e. The van der Waals surface area contributed by atoms with Gasteiger partial charge in [0.25, 0.3) is 0 Å². The summed E-state index contributed by atoms with van der Waals surface area (Å²) in [6.07, 6.45) is 25.9. The first-order valence-corrected chi connectivity index (χ1v) is 9.34. The fourth-order valence-electron chi connectivity index (χ4n) is 2.49. The number of aryl methyl sites for hydroxylation is 1. The molecule has 25 heavy (non-hydrogen) atoms. The number of rotatable bonds is 12. The first-order chi connectivity index (χ1) is 12.2. The third-order valence-electron chi connectivity index (χ3n) is 3.77. The number of phenolic OH excluding ortho intramolecular Hbond substituents is 2. The largest absolute Gasteiger partial charge is 0.508 e. The molecule has 0 bridgehead atoms. The molecule has 2 heteroatoms. The van der Waals surface area contributed by atoms with Gasteiger partial charge in [-0.05, 0) is 69.1 Å². The molecule has 136 valence electrons. The number of allylic oxidation sites excluding steroid dienone is 8. The quantitative estimate of drug-likeness (QED) is 0.332. The van der Waals surface area contributed by atoms with Crippen LogP contribution in [0.25, 0.3) is 0 Å². The summed E-state index contributed by atoms with van der Waals surface area (Å²) in [6, 6.07) is 4.79. The Morgan fingerprint density at radius 3 is 1.76 bits per heavy atom. The minimum Gasteiger partial charge on any atom is -0.508 e. The summed E-state index contributed by atoms with van der Waals surface area (Å²) in [5.74, 6) is 0.267. The highest BCUT2D eigenvalue weighted by molar-refractivity contribution is 5.36. The minimum absolute atomic E-state index is 0.133. The molecule has 0 saturated carbocycles. The van der Waals surface area contributed by atoms with Gasteiger partial charge in [0.2, 0.25) is 0 Å². The molecule has 1 aromatic carbocycles. The second-order valence-electron chi connectivity index (χ2n) is 6.10. The fraction of sp³-hybridized carbons (Fsp3) is 0.391. The molecule has 0 radical (unpaired) electrons. The fourth-order valence-corrected chi connectivity index (χ4v) is 2.49. The average molecular weight is 341 g/mol. The lowest BCUT2D eigenvalue weighted by atomic mass is 10.1. The van der Waals surface area contributed by atoms with Crippen LogP contribution in [0.2, 0.25) is 0 Å². The van der Waals surface area contributed by atoms with Crippen LogP contribution in [0, 0.1) is 0 Å². The van der Waals surface area contributed by atoms with E-state index in [-0.39, 0.29) is 11.5 Å². The van der Waals surface area contributed by atoms with E-state index in [4.69, 9.17) is 0 Å². The Hall–Kier alpha value is -2.22. The van der Waals surface area contributed by atoms with Crippen LogP contribution in [-0.2, 0) is 6.42 Å². The van der Waals surface area contributed by atoms with E-state index in [0.29, 0.717) is 0 Å². The summed E-state index contributed by atoms with van der Waals surface area (Å²) in [5, 5.41) is 18.9. The SMILES string of the molecule is CC/C=C\C/C=C\C/C=C\C/C=C\CCCCc1cc(O)cc(O)c1. The predicted octanol–water partition coefficient (Wildman–Crippen LogP) is 6.62. The van der Waals surface area contributed by atoms with Crippen molar-refractivity contribution < 1.29 is 10.2 Å². The first-order valence-electron chi connectivity index (χ1n) is 9.34. The van der Waals surface area contributed by atoms with E-state index in [1.807, 2.05) is 0 Å². The van der Waals surface area contributed by atoms with Crippen molar-refractivity contribution >= 4 is 0 Å². The lowest BCUT2D eigenvalue weighted by Crippen LogP contribution is -1.85. The first kappa shape index (κ1) is 20.8. The summed E-state index contributed by atoms with van der Waals surface area (Å²) in [4.78, 5) is 0. The van der Waals surface area contributed by atoms with Crippen LogP contribution in [0.1, 0.15) is 57.4 Å². The molecule has 0 amide bonds. The van der Waals surface area contributed by atoms with Crippen molar-refractivity contribution in [1.82, 2.24) is 0 Å². The maximum Gasteiger partial charge on any atom is 0.119 e. The van der Waals surface area contributed by atoms with Gasteiger partial charge >= 0.3 is 0 Å². The van der Waals surface area contributed by atoms with Gasteiger partial charge in [-0.1, -0.05) is 55.5 Å². The van der Waals surface area contributed by atoms with Gasteiger partial charge in [0, 0.05) is 6.07 Å². The van der Waals surface area contributed by atoms with Gasteiger partial charge in [-0.15, -0.1) is 0 Å². The number of phenols is 2. The predicted molar refractivity (Wildman–Crippen MR) is 108 cm³/mol. The minimum atomic E-state index is 0.133. The maximum atomic E-state index is 9.43. The molecule has 0 saturated heterocycles. The number of aromatic hydroxyl groups is 2. The highest BCUT2D eigenvalue weighted by Gasteiger charge is 1.98. The van der Waals surface area contributed by atoms with Gasteiger partial charge in [0.05, 0.1) is 0 Å². The monoisotopic (exact) mass is 340 g/mol. The molecule has 0 spiro atoms. The molecule has 0 aliphatic carbocycles. The second-order valence-corrected chi connectivity index (χ2v) is 6.10. The molecule has 0 atom stereocenters. The third kappa shape index (κ3) is 11.9. The summed E-state index contributed by atoms with van der Waals surface area (Å²) in [7, 11) is 0. The molecule has 1 aromatic rings. The van der Waals surface area contributed by atoms with E-state index in [1.165, 1.54) is 6.07 Å². The highest BCUT2D eigenvalue weighted by Crippen LogP contribution is 2.21. The van der Waals surface area contributed by atoms with E-state index in [2.05, 4.69) is 55.5 Å². The molecule has 0 fully saturated rings. The molecule has 0 unspecified atom stereocenters. The third-order valence-corrected chi connectivity index (χ3v) is 3.77. The van der Waals surface area contributed by atoms with Crippen molar-refractivity contribution in [2.45, 2.75) is 58.3 Å². The van der Waals surface area contributed by atoms with Crippen molar-refractivity contribution in [1.29, 1.82) is 0 Å². The van der Waals surface area contributed by atoms with E-state index in [0.717, 1.165) is 56.9 Å². The van der Waals surface area contributed by atoms with Crippen LogP contribution in [-0.4, -0.2) is 10.2 Å². The van der Waals surface area contributed by atoms with Crippen LogP contribution in [0.3, 0.4) is 0 Å². The second kappa shape index (κ2) is 14.2. The van der Waals surface area contributed by atoms with E-state index < -0.39 is 0 Å². The molecule has 2 N–H and O–H groups in total. The Morgan fingerprint density at radius 1 is 0.680 bits per heavy atom. The Bertz CT molecular complexity index is 560. The van der Waals surface area contributed by atoms with Crippen molar-refractivity contribution in [3.8, 4) is 11.5 Å². The van der Waals surface area contributed by atoms with Crippen LogP contribution in [0.4, 0.5) is 0 Å². The molecule has 0 aliphatic rings. The Morgan fingerprint density at radius 2 is 1.20 bits per heavy atom. The summed E-state index contributed by atoms with van der Waals surface area (Å²) in [5.41, 5.74) is 0.989. The van der Waals surface area contributed by atoms with Gasteiger partial charge in [-0.2, -0.15) is 0 Å². The lowest BCUT2D eigenvalue weighted by Gasteiger charge is -2.02. The summed E-state index contributed by atoms with van der Waals surface area (Å²) < 4.78 is 0. The molecular weight excluding hydrogens is 308 g/mol. The zero-order valence-electron chi connectivity index (χ0n) is 15.4. The van der Waals surface area contributed by atoms with E-state index >= 15 is 0 Å². The number of hydrogen-bond acceptors (Lipinski definition) is 2. The van der Waals surface area contributed by atoms with Gasteiger partial charge in [0.1, 0.15) is 11.5 Å². The zero-order chi connectivity index (χ0) is 18.2. The van der Waals surface area contributed by atoms with Crippen LogP contribution < -0.4 is 0 Å². The van der Waals surface area contributed by atoms with Crippen LogP contribution >= 0.6 is 0 Å². The summed E-state index contributed by atoms with van der Waals surface area (Å²) in [6.45, 7) is 2.15. The van der Waals surface area contributed by atoms with Crippen molar-refractivity contribution in [2.24, 2.45) is 0 Å².